The van der Waals surface area contributed by atoms with Crippen molar-refractivity contribution >= 4 is 15.7 Å². The van der Waals surface area contributed by atoms with Crippen LogP contribution in [0, 0.1) is 24.0 Å². The summed E-state index contributed by atoms with van der Waals surface area (Å²) in [7, 11) is -4.02. The van der Waals surface area contributed by atoms with Crippen molar-refractivity contribution in [2.24, 2.45) is 0 Å². The third kappa shape index (κ3) is 4.21. The predicted octanol–water partition coefficient (Wildman–Crippen LogP) is 0.233. The maximum Gasteiger partial charge on any atom is 0.273 e. The van der Waals surface area contributed by atoms with Crippen LogP contribution in [0.5, 0.6) is 0 Å². The topological polar surface area (TPSA) is 130 Å². The van der Waals surface area contributed by atoms with Gasteiger partial charge in [0.25, 0.3) is 5.69 Å². The van der Waals surface area contributed by atoms with E-state index in [0.29, 0.717) is 11.1 Å². The van der Waals surface area contributed by atoms with Crippen LogP contribution in [0.2, 0.25) is 0 Å². The monoisotopic (exact) mass is 318 g/mol. The van der Waals surface area contributed by atoms with Crippen molar-refractivity contribution in [1.29, 1.82) is 0 Å². The lowest BCUT2D eigenvalue weighted by Gasteiger charge is -2.20. The zero-order valence-electron chi connectivity index (χ0n) is 12.0. The first-order valence-electron chi connectivity index (χ1n) is 6.09. The Bertz CT molecular complexity index is 654. The summed E-state index contributed by atoms with van der Waals surface area (Å²) in [5.74, 6) is 0. The van der Waals surface area contributed by atoms with Gasteiger partial charge in [0.2, 0.25) is 10.0 Å². The van der Waals surface area contributed by atoms with E-state index in [9.17, 15) is 23.6 Å². The molecule has 0 amide bonds. The number of nitrogens with one attached hydrogen (secondary N) is 1. The molecule has 0 aliphatic rings. The van der Waals surface area contributed by atoms with Gasteiger partial charge in [-0.25, -0.2) is 13.1 Å². The summed E-state index contributed by atoms with van der Waals surface area (Å²) in [6.45, 7) is 3.34. The minimum atomic E-state index is -4.02. The largest absolute Gasteiger partial charge is 0.393 e. The molecule has 0 aromatic heterocycles. The van der Waals surface area contributed by atoms with E-state index in [-0.39, 0.29) is 10.6 Å². The van der Waals surface area contributed by atoms with Gasteiger partial charge in [-0.15, -0.1) is 0 Å². The average molecular weight is 318 g/mol. The maximum absolute atomic E-state index is 12.1. The molecule has 0 saturated carbocycles. The van der Waals surface area contributed by atoms with Crippen LogP contribution in [0.25, 0.3) is 0 Å². The average Bonchev–Trinajstić information content (AvgIpc) is 2.39. The summed E-state index contributed by atoms with van der Waals surface area (Å²) >= 11 is 0. The number of hydrogen-bond acceptors (Lipinski definition) is 6. The first-order valence-corrected chi connectivity index (χ1v) is 7.57. The molecule has 1 unspecified atom stereocenters. The second-order valence-electron chi connectivity index (χ2n) is 5.12. The van der Waals surface area contributed by atoms with Crippen LogP contribution in [-0.4, -0.2) is 42.3 Å². The van der Waals surface area contributed by atoms with Gasteiger partial charge in [0.05, 0.1) is 22.0 Å². The molecule has 0 radical (unpaired) electrons. The molecule has 1 aromatic rings. The van der Waals surface area contributed by atoms with E-state index in [4.69, 9.17) is 5.11 Å². The Morgan fingerprint density at radius 3 is 2.43 bits per heavy atom. The molecular formula is C12H18N2O6S. The number of sulfonamides is 1. The molecule has 0 fully saturated rings. The first kappa shape index (κ1) is 17.5. The SMILES string of the molecule is Cc1cc(S(=O)(=O)NCC(C)(O)CO)cc([N+](=O)[O-])c1C. The van der Waals surface area contributed by atoms with E-state index in [2.05, 4.69) is 4.72 Å². The minimum Gasteiger partial charge on any atom is -0.393 e. The van der Waals surface area contributed by atoms with Crippen LogP contribution in [0.15, 0.2) is 17.0 Å². The van der Waals surface area contributed by atoms with Crippen LogP contribution >= 0.6 is 0 Å². The van der Waals surface area contributed by atoms with Crippen LogP contribution < -0.4 is 4.72 Å². The summed E-state index contributed by atoms with van der Waals surface area (Å²) in [6, 6.07) is 2.29. The summed E-state index contributed by atoms with van der Waals surface area (Å²) < 4.78 is 26.3. The van der Waals surface area contributed by atoms with Crippen molar-refractivity contribution in [3.8, 4) is 0 Å². The van der Waals surface area contributed by atoms with Gasteiger partial charge in [-0.05, 0) is 32.4 Å². The number of aliphatic hydroxyl groups excluding tert-OH is 1. The lowest BCUT2D eigenvalue weighted by Crippen LogP contribution is -2.43. The third-order valence-corrected chi connectivity index (χ3v) is 4.48. The highest BCUT2D eigenvalue weighted by molar-refractivity contribution is 7.89. The second kappa shape index (κ2) is 6.06. The fourth-order valence-electron chi connectivity index (χ4n) is 1.54. The van der Waals surface area contributed by atoms with E-state index < -0.39 is 33.7 Å². The fourth-order valence-corrected chi connectivity index (χ4v) is 2.81. The van der Waals surface area contributed by atoms with Crippen LogP contribution in [0.4, 0.5) is 5.69 Å². The third-order valence-electron chi connectivity index (χ3n) is 3.10. The smallest absolute Gasteiger partial charge is 0.273 e. The molecule has 0 spiro atoms. The molecule has 0 saturated heterocycles. The highest BCUT2D eigenvalue weighted by atomic mass is 32.2. The Hall–Kier alpha value is -1.55. The molecule has 1 rings (SSSR count). The Morgan fingerprint density at radius 2 is 1.95 bits per heavy atom. The van der Waals surface area contributed by atoms with Gasteiger partial charge in [-0.2, -0.15) is 0 Å². The quantitative estimate of drug-likeness (QED) is 0.508. The molecule has 1 atom stereocenters. The van der Waals surface area contributed by atoms with Gasteiger partial charge in [0, 0.05) is 18.2 Å². The van der Waals surface area contributed by atoms with Gasteiger partial charge < -0.3 is 10.2 Å². The van der Waals surface area contributed by atoms with Crippen molar-refractivity contribution in [3.05, 3.63) is 33.4 Å². The molecule has 1 aromatic carbocycles. The molecule has 9 heteroatoms. The number of hydrogen-bond donors (Lipinski definition) is 3. The van der Waals surface area contributed by atoms with E-state index in [1.807, 2.05) is 0 Å². The summed E-state index contributed by atoms with van der Waals surface area (Å²) in [6.07, 6.45) is 0. The standard InChI is InChI=1S/C12H18N2O6S/c1-8-4-10(5-11(9(8)2)14(17)18)21(19,20)13-6-12(3,16)7-15/h4-5,13,15-16H,6-7H2,1-3H3. The fraction of sp³-hybridized carbons (Fsp3) is 0.500. The Balaban J connectivity index is 3.18. The van der Waals surface area contributed by atoms with Crippen LogP contribution in [0.3, 0.4) is 0 Å². The van der Waals surface area contributed by atoms with Crippen molar-refractivity contribution in [2.75, 3.05) is 13.2 Å². The van der Waals surface area contributed by atoms with Gasteiger partial charge in [-0.1, -0.05) is 0 Å². The molecule has 3 N–H and O–H groups in total. The first-order chi connectivity index (χ1) is 9.50. The zero-order chi connectivity index (χ0) is 16.4. The maximum atomic E-state index is 12.1. The van der Waals surface area contributed by atoms with E-state index in [0.717, 1.165) is 6.07 Å². The van der Waals surface area contributed by atoms with Crippen molar-refractivity contribution in [1.82, 2.24) is 4.72 Å². The number of aryl methyl sites for hydroxylation is 1. The number of aliphatic hydroxyl groups is 2. The minimum absolute atomic E-state index is 0.258. The van der Waals surface area contributed by atoms with Crippen molar-refractivity contribution in [2.45, 2.75) is 31.3 Å². The van der Waals surface area contributed by atoms with Gasteiger partial charge in [0.15, 0.2) is 0 Å². The van der Waals surface area contributed by atoms with Gasteiger partial charge >= 0.3 is 0 Å². The molecule has 118 valence electrons. The summed E-state index contributed by atoms with van der Waals surface area (Å²) in [4.78, 5) is 10.0. The van der Waals surface area contributed by atoms with Crippen molar-refractivity contribution in [3.63, 3.8) is 0 Å². The van der Waals surface area contributed by atoms with Crippen molar-refractivity contribution < 1.29 is 23.6 Å². The van der Waals surface area contributed by atoms with E-state index in [1.165, 1.54) is 19.9 Å². The highest BCUT2D eigenvalue weighted by Gasteiger charge is 2.25. The summed E-state index contributed by atoms with van der Waals surface area (Å²) in [5.41, 5.74) is -1.04. The molecule has 0 aliphatic heterocycles. The lowest BCUT2D eigenvalue weighted by molar-refractivity contribution is -0.385. The zero-order valence-corrected chi connectivity index (χ0v) is 12.8. The molecule has 0 aliphatic carbocycles. The number of benzene rings is 1. The second-order valence-corrected chi connectivity index (χ2v) is 6.89. The number of nitro benzene ring substituents is 1. The lowest BCUT2D eigenvalue weighted by atomic mass is 10.1. The van der Waals surface area contributed by atoms with Gasteiger partial charge in [-0.3, -0.25) is 10.1 Å². The Kier molecular flexibility index (Phi) is 5.05. The Morgan fingerprint density at radius 1 is 1.38 bits per heavy atom. The molecule has 0 bridgehead atoms. The highest BCUT2D eigenvalue weighted by Crippen LogP contribution is 2.25. The van der Waals surface area contributed by atoms with Crippen LogP contribution in [0.1, 0.15) is 18.1 Å². The number of nitro groups is 1. The molecule has 8 nitrogen and oxygen atoms in total. The number of rotatable bonds is 6. The predicted molar refractivity (Wildman–Crippen MR) is 75.5 cm³/mol. The Labute approximate surface area is 122 Å². The number of nitrogens with zero attached hydrogens (tertiary/aromatic N) is 1. The van der Waals surface area contributed by atoms with Gasteiger partial charge in [0.1, 0.15) is 0 Å². The van der Waals surface area contributed by atoms with E-state index >= 15 is 0 Å². The molecular weight excluding hydrogens is 300 g/mol. The van der Waals surface area contributed by atoms with E-state index in [1.54, 1.807) is 6.92 Å². The molecule has 21 heavy (non-hydrogen) atoms. The summed E-state index contributed by atoms with van der Waals surface area (Å²) in [5, 5.41) is 29.4. The molecule has 0 heterocycles. The van der Waals surface area contributed by atoms with Crippen LogP contribution in [-0.2, 0) is 10.0 Å². The normalized spacial score (nSPS) is 14.7.